The number of aromatic nitrogens is 2. The van der Waals surface area contributed by atoms with Gasteiger partial charge < -0.3 is 19.9 Å². The number of hydrogen-bond donors (Lipinski definition) is 2. The molecule has 2 aromatic heterocycles. The van der Waals surface area contributed by atoms with E-state index >= 15 is 0 Å². The Labute approximate surface area is 173 Å². The molecule has 0 bridgehead atoms. The summed E-state index contributed by atoms with van der Waals surface area (Å²) in [6, 6.07) is 11.4. The molecule has 2 heterocycles. The van der Waals surface area contributed by atoms with E-state index in [2.05, 4.69) is 42.6 Å². The zero-order chi connectivity index (χ0) is 20.8. The first-order valence-electron chi connectivity index (χ1n) is 9.54. The van der Waals surface area contributed by atoms with E-state index in [4.69, 9.17) is 14.5 Å². The van der Waals surface area contributed by atoms with Crippen molar-refractivity contribution < 1.29 is 14.6 Å². The third-order valence-electron chi connectivity index (χ3n) is 4.48. The third-order valence-corrected chi connectivity index (χ3v) is 5.48. The van der Waals surface area contributed by atoms with Crippen LogP contribution in [0.5, 0.6) is 17.2 Å². The number of hydrogen-bond acceptors (Lipinski definition) is 6. The third kappa shape index (κ3) is 3.58. The predicted molar refractivity (Wildman–Crippen MR) is 119 cm³/mol. The van der Waals surface area contributed by atoms with E-state index in [0.29, 0.717) is 12.4 Å². The van der Waals surface area contributed by atoms with E-state index in [-0.39, 0.29) is 11.3 Å². The van der Waals surface area contributed by atoms with Crippen LogP contribution in [0.4, 0.5) is 5.82 Å². The van der Waals surface area contributed by atoms with Crippen LogP contribution in [0.25, 0.3) is 26.4 Å². The highest BCUT2D eigenvalue weighted by atomic mass is 32.1. The van der Waals surface area contributed by atoms with Gasteiger partial charge in [0, 0.05) is 11.1 Å². The van der Waals surface area contributed by atoms with Crippen LogP contribution in [0.1, 0.15) is 27.7 Å². The van der Waals surface area contributed by atoms with Crippen molar-refractivity contribution in [2.75, 3.05) is 19.0 Å². The Morgan fingerprint density at radius 2 is 1.97 bits per heavy atom. The van der Waals surface area contributed by atoms with Crippen LogP contribution in [0.3, 0.4) is 0 Å². The number of thiazole rings is 1. The van der Waals surface area contributed by atoms with E-state index in [0.717, 1.165) is 38.0 Å². The molecule has 0 aliphatic rings. The molecule has 0 radical (unpaired) electrons. The molecule has 6 nitrogen and oxygen atoms in total. The smallest absolute Gasteiger partial charge is 0.197 e. The number of fused-ring (bicyclic) bond motifs is 3. The summed E-state index contributed by atoms with van der Waals surface area (Å²) in [5.41, 5.74) is 2.61. The molecule has 0 saturated heterocycles. The van der Waals surface area contributed by atoms with Crippen molar-refractivity contribution >= 4 is 32.3 Å². The van der Waals surface area contributed by atoms with E-state index < -0.39 is 0 Å². The Hall–Kier alpha value is -2.93. The molecule has 7 heteroatoms. The van der Waals surface area contributed by atoms with Crippen LogP contribution in [-0.2, 0) is 0 Å². The summed E-state index contributed by atoms with van der Waals surface area (Å²) in [5.74, 6) is 2.30. The Morgan fingerprint density at radius 3 is 2.66 bits per heavy atom. The average molecular weight is 412 g/mol. The highest BCUT2D eigenvalue weighted by molar-refractivity contribution is 7.23. The molecule has 29 heavy (non-hydrogen) atoms. The van der Waals surface area contributed by atoms with Crippen LogP contribution in [0.2, 0.25) is 0 Å². The predicted octanol–water partition coefficient (Wildman–Crippen LogP) is 5.54. The van der Waals surface area contributed by atoms with Crippen molar-refractivity contribution in [2.24, 2.45) is 0 Å². The minimum absolute atomic E-state index is 0.108. The lowest BCUT2D eigenvalue weighted by atomic mass is 10.1. The molecule has 2 aromatic carbocycles. The molecule has 0 spiro atoms. The second kappa shape index (κ2) is 7.15. The normalized spacial score (nSPS) is 11.9. The molecule has 0 unspecified atom stereocenters. The molecule has 0 aliphatic heterocycles. The molecule has 4 aromatic rings. The number of imidazole rings is 1. The lowest BCUT2D eigenvalue weighted by Gasteiger charge is -2.22. The summed E-state index contributed by atoms with van der Waals surface area (Å²) in [6.45, 7) is 8.98. The number of anilines is 1. The van der Waals surface area contributed by atoms with Gasteiger partial charge in [-0.1, -0.05) is 11.3 Å². The van der Waals surface area contributed by atoms with E-state index in [1.54, 1.807) is 24.5 Å². The molecule has 0 amide bonds. The van der Waals surface area contributed by atoms with Crippen LogP contribution in [0.15, 0.2) is 36.4 Å². The number of ether oxygens (including phenoxy) is 2. The first-order chi connectivity index (χ1) is 13.8. The Kier molecular flexibility index (Phi) is 4.78. The lowest BCUT2D eigenvalue weighted by molar-refractivity contribution is 0.341. The summed E-state index contributed by atoms with van der Waals surface area (Å²) in [5, 5.41) is 13.6. The minimum Gasteiger partial charge on any atom is -0.504 e. The van der Waals surface area contributed by atoms with E-state index in [1.807, 2.05) is 25.1 Å². The molecule has 0 atom stereocenters. The highest BCUT2D eigenvalue weighted by Crippen LogP contribution is 2.40. The number of rotatable bonds is 5. The molecule has 4 rings (SSSR count). The van der Waals surface area contributed by atoms with Gasteiger partial charge in [0.25, 0.3) is 0 Å². The van der Waals surface area contributed by atoms with Crippen LogP contribution in [-0.4, -0.2) is 33.7 Å². The fraction of sp³-hybridized carbons (Fsp3) is 0.318. The fourth-order valence-corrected chi connectivity index (χ4v) is 4.36. The molecule has 0 fully saturated rings. The van der Waals surface area contributed by atoms with Crippen molar-refractivity contribution in [3.05, 3.63) is 36.4 Å². The van der Waals surface area contributed by atoms with Gasteiger partial charge in [-0.15, -0.1) is 0 Å². The quantitative estimate of drug-likeness (QED) is 0.451. The minimum atomic E-state index is -0.161. The average Bonchev–Trinajstić information content (AvgIpc) is 3.17. The maximum atomic E-state index is 9.97. The zero-order valence-electron chi connectivity index (χ0n) is 17.2. The number of phenolic OH excluding ortho intramolecular Hbond substituents is 1. The summed E-state index contributed by atoms with van der Waals surface area (Å²) in [7, 11) is 1.54. The Balaban J connectivity index is 1.96. The van der Waals surface area contributed by atoms with Crippen LogP contribution in [0, 0.1) is 0 Å². The molecular formula is C22H25N3O3S. The van der Waals surface area contributed by atoms with Gasteiger partial charge in [0.2, 0.25) is 0 Å². The molecule has 152 valence electrons. The molecule has 0 saturated carbocycles. The second-order valence-electron chi connectivity index (χ2n) is 7.85. The standard InChI is InChI=1S/C22H25N3O3S/c1-6-28-14-8-9-15-18(12-14)29-21-23-19(20(25(15)21)24-22(2,3)4)13-7-10-16(26)17(11-13)27-5/h7-12,24,26H,6H2,1-5H3. The SMILES string of the molecule is CCOc1ccc2c(c1)sc1nc(-c3ccc(O)c(OC)c3)c(NC(C)(C)C)n12. The summed E-state index contributed by atoms with van der Waals surface area (Å²) in [6.07, 6.45) is 0. The lowest BCUT2D eigenvalue weighted by Crippen LogP contribution is -2.27. The first kappa shape index (κ1) is 19.4. The van der Waals surface area contributed by atoms with Gasteiger partial charge in [-0.3, -0.25) is 4.40 Å². The Morgan fingerprint density at radius 1 is 1.17 bits per heavy atom. The number of methoxy groups -OCH3 is 1. The Bertz CT molecular complexity index is 1190. The van der Waals surface area contributed by atoms with Gasteiger partial charge >= 0.3 is 0 Å². The van der Waals surface area contributed by atoms with Crippen molar-refractivity contribution in [1.29, 1.82) is 0 Å². The molecular weight excluding hydrogens is 386 g/mol. The van der Waals surface area contributed by atoms with Gasteiger partial charge in [-0.25, -0.2) is 4.98 Å². The first-order valence-corrected chi connectivity index (χ1v) is 10.4. The monoisotopic (exact) mass is 411 g/mol. The molecule has 0 aliphatic carbocycles. The number of nitrogens with zero attached hydrogens (tertiary/aromatic N) is 2. The zero-order valence-corrected chi connectivity index (χ0v) is 18.1. The van der Waals surface area contributed by atoms with Gasteiger partial charge in [0.05, 0.1) is 23.9 Å². The van der Waals surface area contributed by atoms with E-state index in [9.17, 15) is 5.11 Å². The summed E-state index contributed by atoms with van der Waals surface area (Å²) >= 11 is 1.62. The number of phenols is 1. The van der Waals surface area contributed by atoms with Crippen LogP contribution < -0.4 is 14.8 Å². The second-order valence-corrected chi connectivity index (χ2v) is 8.86. The summed E-state index contributed by atoms with van der Waals surface area (Å²) in [4.78, 5) is 5.82. The fourth-order valence-electron chi connectivity index (χ4n) is 3.30. The highest BCUT2D eigenvalue weighted by Gasteiger charge is 2.23. The van der Waals surface area contributed by atoms with Crippen molar-refractivity contribution in [3.8, 4) is 28.5 Å². The largest absolute Gasteiger partial charge is 0.504 e. The topological polar surface area (TPSA) is 68.0 Å². The van der Waals surface area contributed by atoms with Crippen molar-refractivity contribution in [2.45, 2.75) is 33.2 Å². The van der Waals surface area contributed by atoms with Gasteiger partial charge in [0.1, 0.15) is 17.3 Å². The number of aromatic hydroxyl groups is 1. The number of nitrogens with one attached hydrogen (secondary N) is 1. The maximum absolute atomic E-state index is 9.97. The van der Waals surface area contributed by atoms with E-state index in [1.165, 1.54) is 0 Å². The van der Waals surface area contributed by atoms with Crippen LogP contribution >= 0.6 is 11.3 Å². The van der Waals surface area contributed by atoms with Gasteiger partial charge in [-0.05, 0) is 64.1 Å². The van der Waals surface area contributed by atoms with Crippen molar-refractivity contribution in [1.82, 2.24) is 9.38 Å². The van der Waals surface area contributed by atoms with Gasteiger partial charge in [-0.2, -0.15) is 0 Å². The van der Waals surface area contributed by atoms with Gasteiger partial charge in [0.15, 0.2) is 16.5 Å². The number of benzene rings is 2. The van der Waals surface area contributed by atoms with Crippen molar-refractivity contribution in [3.63, 3.8) is 0 Å². The maximum Gasteiger partial charge on any atom is 0.197 e. The molecule has 2 N–H and O–H groups in total. The summed E-state index contributed by atoms with van der Waals surface area (Å²) < 4.78 is 14.2.